The molecule has 17 heavy (non-hydrogen) atoms. The number of carbonyl (C=O) groups is 1. The van der Waals surface area contributed by atoms with Gasteiger partial charge in [-0.15, -0.1) is 0 Å². The maximum absolute atomic E-state index is 12.1. The quantitative estimate of drug-likeness (QED) is 0.821. The minimum Gasteiger partial charge on any atom is -0.396 e. The van der Waals surface area contributed by atoms with E-state index in [2.05, 4.69) is 10.4 Å². The number of aliphatic hydroxyl groups excluding tert-OH is 1. The minimum absolute atomic E-state index is 0.0539. The summed E-state index contributed by atoms with van der Waals surface area (Å²) in [7, 11) is 1.82. The molecule has 1 rings (SSSR count). The lowest BCUT2D eigenvalue weighted by Gasteiger charge is -2.25. The Kier molecular flexibility index (Phi) is 3.93. The highest BCUT2D eigenvalue weighted by molar-refractivity contribution is 5.96. The molecule has 1 amide bonds. The van der Waals surface area contributed by atoms with E-state index in [9.17, 15) is 4.79 Å². The van der Waals surface area contributed by atoms with Crippen molar-refractivity contribution in [3.8, 4) is 0 Å². The lowest BCUT2D eigenvalue weighted by atomic mass is 10.0. The summed E-state index contributed by atoms with van der Waals surface area (Å²) < 4.78 is 1.70. The van der Waals surface area contributed by atoms with Crippen molar-refractivity contribution in [2.45, 2.75) is 39.7 Å². The molecule has 2 N–H and O–H groups in total. The predicted octanol–water partition coefficient (Wildman–Crippen LogP) is 0.928. The van der Waals surface area contributed by atoms with Crippen LogP contribution in [-0.4, -0.2) is 32.9 Å². The minimum atomic E-state index is -0.416. The Bertz CT molecular complexity index is 422. The third-order valence-electron chi connectivity index (χ3n) is 2.92. The summed E-state index contributed by atoms with van der Waals surface area (Å²) in [6, 6.07) is 0. The molecule has 0 saturated carbocycles. The highest BCUT2D eigenvalue weighted by Crippen LogP contribution is 2.15. The number of amides is 1. The van der Waals surface area contributed by atoms with Gasteiger partial charge >= 0.3 is 0 Å². The smallest absolute Gasteiger partial charge is 0.255 e. The van der Waals surface area contributed by atoms with Gasteiger partial charge in [0.1, 0.15) is 0 Å². The van der Waals surface area contributed by atoms with Crippen LogP contribution in [0.5, 0.6) is 0 Å². The summed E-state index contributed by atoms with van der Waals surface area (Å²) in [6.07, 6.45) is 0.525. The number of carbonyl (C=O) groups excluding carboxylic acids is 1. The van der Waals surface area contributed by atoms with Gasteiger partial charge in [0.25, 0.3) is 5.91 Å². The average Bonchev–Trinajstić information content (AvgIpc) is 2.39. The number of hydrogen-bond donors (Lipinski definition) is 2. The van der Waals surface area contributed by atoms with E-state index >= 15 is 0 Å². The van der Waals surface area contributed by atoms with Gasteiger partial charge in [-0.2, -0.15) is 5.10 Å². The summed E-state index contributed by atoms with van der Waals surface area (Å²) in [5.41, 5.74) is 1.78. The van der Waals surface area contributed by atoms with E-state index in [1.54, 1.807) is 4.68 Å². The fraction of sp³-hybridized carbons (Fsp3) is 0.667. The average molecular weight is 239 g/mol. The Hall–Kier alpha value is -1.36. The van der Waals surface area contributed by atoms with Gasteiger partial charge in [-0.1, -0.05) is 0 Å². The van der Waals surface area contributed by atoms with Crippen LogP contribution in [0.2, 0.25) is 0 Å². The van der Waals surface area contributed by atoms with E-state index in [1.165, 1.54) is 0 Å². The van der Waals surface area contributed by atoms with Crippen molar-refractivity contribution in [2.75, 3.05) is 6.61 Å². The molecule has 0 unspecified atom stereocenters. The first-order valence-electron chi connectivity index (χ1n) is 5.72. The molecule has 0 aliphatic carbocycles. The Balaban J connectivity index is 2.91. The van der Waals surface area contributed by atoms with Gasteiger partial charge in [0.15, 0.2) is 0 Å². The molecule has 0 saturated heterocycles. The van der Waals surface area contributed by atoms with Crippen LogP contribution in [0.3, 0.4) is 0 Å². The SMILES string of the molecule is Cc1nn(C)c(C)c1C(=O)NC(C)(C)CCO. The van der Waals surface area contributed by atoms with E-state index in [-0.39, 0.29) is 12.5 Å². The van der Waals surface area contributed by atoms with E-state index in [4.69, 9.17) is 5.11 Å². The van der Waals surface area contributed by atoms with Crippen LogP contribution in [0.15, 0.2) is 0 Å². The number of rotatable bonds is 4. The third-order valence-corrected chi connectivity index (χ3v) is 2.92. The first kappa shape index (κ1) is 13.7. The van der Waals surface area contributed by atoms with Gasteiger partial charge in [-0.25, -0.2) is 0 Å². The number of hydrogen-bond acceptors (Lipinski definition) is 3. The number of aliphatic hydroxyl groups is 1. The summed E-state index contributed by atoms with van der Waals surface area (Å²) in [6.45, 7) is 7.53. The van der Waals surface area contributed by atoms with Crippen LogP contribution in [-0.2, 0) is 7.05 Å². The van der Waals surface area contributed by atoms with Crippen molar-refractivity contribution in [3.63, 3.8) is 0 Å². The molecule has 96 valence electrons. The van der Waals surface area contributed by atoms with Crippen LogP contribution in [0.4, 0.5) is 0 Å². The molecular weight excluding hydrogens is 218 g/mol. The van der Waals surface area contributed by atoms with Crippen molar-refractivity contribution in [1.29, 1.82) is 0 Å². The molecule has 5 heteroatoms. The molecule has 0 aliphatic heterocycles. The molecule has 0 bridgehead atoms. The zero-order chi connectivity index (χ0) is 13.2. The first-order chi connectivity index (χ1) is 7.78. The molecule has 0 radical (unpaired) electrons. The van der Waals surface area contributed by atoms with Crippen LogP contribution >= 0.6 is 0 Å². The number of nitrogens with zero attached hydrogens (tertiary/aromatic N) is 2. The standard InChI is InChI=1S/C12H21N3O2/c1-8-10(9(2)15(5)14-8)11(17)13-12(3,4)6-7-16/h16H,6-7H2,1-5H3,(H,13,17). The lowest BCUT2D eigenvalue weighted by molar-refractivity contribution is 0.0898. The van der Waals surface area contributed by atoms with Crippen LogP contribution in [0.25, 0.3) is 0 Å². The van der Waals surface area contributed by atoms with Crippen LogP contribution in [0, 0.1) is 13.8 Å². The molecule has 0 aliphatic rings. The van der Waals surface area contributed by atoms with Gasteiger partial charge in [0.05, 0.1) is 11.3 Å². The summed E-state index contributed by atoms with van der Waals surface area (Å²) in [5.74, 6) is -0.133. The second kappa shape index (κ2) is 4.87. The fourth-order valence-electron chi connectivity index (χ4n) is 1.81. The topological polar surface area (TPSA) is 67.2 Å². The first-order valence-corrected chi connectivity index (χ1v) is 5.72. The van der Waals surface area contributed by atoms with Gasteiger partial charge in [0.2, 0.25) is 0 Å². The Morgan fingerprint density at radius 1 is 1.47 bits per heavy atom. The van der Waals surface area contributed by atoms with Crippen molar-refractivity contribution < 1.29 is 9.90 Å². The molecule has 0 fully saturated rings. The lowest BCUT2D eigenvalue weighted by Crippen LogP contribution is -2.44. The summed E-state index contributed by atoms with van der Waals surface area (Å²) in [5, 5.41) is 16.1. The Labute approximate surface area is 102 Å². The van der Waals surface area contributed by atoms with Crippen LogP contribution < -0.4 is 5.32 Å². The maximum atomic E-state index is 12.1. The van der Waals surface area contributed by atoms with Gasteiger partial charge in [-0.05, 0) is 34.1 Å². The van der Waals surface area contributed by atoms with Crippen molar-refractivity contribution in [2.24, 2.45) is 7.05 Å². The van der Waals surface area contributed by atoms with E-state index in [0.29, 0.717) is 12.0 Å². The van der Waals surface area contributed by atoms with Crippen LogP contribution in [0.1, 0.15) is 42.0 Å². The zero-order valence-corrected chi connectivity index (χ0v) is 11.2. The molecule has 0 aromatic carbocycles. The number of nitrogens with one attached hydrogen (secondary N) is 1. The molecule has 0 atom stereocenters. The second-order valence-corrected chi connectivity index (χ2v) is 4.98. The third kappa shape index (κ3) is 3.06. The van der Waals surface area contributed by atoms with E-state index in [0.717, 1.165) is 11.4 Å². The van der Waals surface area contributed by atoms with Gasteiger partial charge < -0.3 is 10.4 Å². The Morgan fingerprint density at radius 2 is 2.06 bits per heavy atom. The molecule has 1 aromatic rings. The number of aryl methyl sites for hydroxylation is 2. The number of aromatic nitrogens is 2. The molecule has 1 aromatic heterocycles. The second-order valence-electron chi connectivity index (χ2n) is 4.98. The van der Waals surface area contributed by atoms with Gasteiger partial charge in [-0.3, -0.25) is 9.48 Å². The molecule has 5 nitrogen and oxygen atoms in total. The highest BCUT2D eigenvalue weighted by atomic mass is 16.3. The fourth-order valence-corrected chi connectivity index (χ4v) is 1.81. The largest absolute Gasteiger partial charge is 0.396 e. The highest BCUT2D eigenvalue weighted by Gasteiger charge is 2.24. The van der Waals surface area contributed by atoms with Crippen molar-refractivity contribution >= 4 is 5.91 Å². The molecular formula is C12H21N3O2. The van der Waals surface area contributed by atoms with Crippen molar-refractivity contribution in [3.05, 3.63) is 17.0 Å². The normalized spacial score (nSPS) is 11.6. The summed E-state index contributed by atoms with van der Waals surface area (Å²) >= 11 is 0. The molecule has 0 spiro atoms. The molecule has 1 heterocycles. The predicted molar refractivity (Wildman–Crippen MR) is 65.9 cm³/mol. The Morgan fingerprint density at radius 3 is 2.47 bits per heavy atom. The van der Waals surface area contributed by atoms with Crippen molar-refractivity contribution in [1.82, 2.24) is 15.1 Å². The summed E-state index contributed by atoms with van der Waals surface area (Å²) in [4.78, 5) is 12.1. The zero-order valence-electron chi connectivity index (χ0n) is 11.2. The van der Waals surface area contributed by atoms with E-state index in [1.807, 2.05) is 34.7 Å². The monoisotopic (exact) mass is 239 g/mol. The van der Waals surface area contributed by atoms with Gasteiger partial charge in [0, 0.05) is 24.9 Å². The van der Waals surface area contributed by atoms with E-state index < -0.39 is 5.54 Å². The maximum Gasteiger partial charge on any atom is 0.255 e.